The van der Waals surface area contributed by atoms with E-state index in [9.17, 15) is 0 Å². The van der Waals surface area contributed by atoms with Crippen LogP contribution in [0.2, 0.25) is 0 Å². The fourth-order valence-electron chi connectivity index (χ4n) is 0. The minimum atomic E-state index is 0. The highest BCUT2D eigenvalue weighted by Gasteiger charge is 1.37. The molecule has 0 saturated heterocycles. The molecule has 0 aliphatic rings. The lowest BCUT2D eigenvalue weighted by molar-refractivity contribution is 2.55. The van der Waals surface area contributed by atoms with E-state index in [1.54, 1.807) is 8.93 Å². The summed E-state index contributed by atoms with van der Waals surface area (Å²) in [5, 5.41) is 0. The zero-order valence-electron chi connectivity index (χ0n) is 5.54. The quantitative estimate of drug-likeness (QED) is 0.333. The lowest BCUT2D eigenvalue weighted by Crippen LogP contribution is -1.05. The Morgan fingerprint density at radius 3 is 1.00 bits per heavy atom. The highest BCUT2D eigenvalue weighted by Crippen LogP contribution is 2.00. The van der Waals surface area contributed by atoms with E-state index in [1.165, 1.54) is 0 Å². The van der Waals surface area contributed by atoms with E-state index in [-0.39, 0.29) is 28.4 Å². The van der Waals surface area contributed by atoms with E-state index < -0.39 is 0 Å². The third-order valence-electron chi connectivity index (χ3n) is 0. The number of hydrogen-bond acceptors (Lipinski definition) is 1. The molecule has 0 aliphatic carbocycles. The van der Waals surface area contributed by atoms with E-state index >= 15 is 0 Å². The minimum Gasteiger partial charge on any atom is -0.197 e. The standard InChI is InChI=1S/CH3IS.2CH3I.2H2S.H2/c1-3-2;2*1-2;;;/h1H3;2*1H3;2*1H2;1H/i;;;;;1+2. The van der Waals surface area contributed by atoms with Crippen molar-refractivity contribution in [2.24, 2.45) is 0 Å². The van der Waals surface area contributed by atoms with Crippen LogP contribution in [0, 0.1) is 0 Å². The van der Waals surface area contributed by atoms with E-state index in [2.05, 4.69) is 66.4 Å². The molecule has 0 rings (SSSR count). The molecule has 0 bridgehead atoms. The summed E-state index contributed by atoms with van der Waals surface area (Å²) in [4.78, 5) is 3.94. The van der Waals surface area contributed by atoms with Crippen LogP contribution in [-0.4, -0.2) is 16.1 Å². The topological polar surface area (TPSA) is 0 Å². The molecule has 0 N–H and O–H groups in total. The molecular weight excluding hydrogens is 513 g/mol. The average Bonchev–Trinajstić information content (AvgIpc) is 1.78. The maximum absolute atomic E-state index is 2.20. The Morgan fingerprint density at radius 1 is 1.00 bits per heavy atom. The van der Waals surface area contributed by atoms with Gasteiger partial charge in [-0.25, -0.2) is 0 Å². The third kappa shape index (κ3) is 91.4. The van der Waals surface area contributed by atoms with Crippen LogP contribution in [-0.2, 0) is 0 Å². The maximum atomic E-state index is 2.20. The van der Waals surface area contributed by atoms with Crippen LogP contribution in [0.1, 0.15) is 1.43 Å². The fourth-order valence-corrected chi connectivity index (χ4v) is 0. The number of halogens is 3. The first kappa shape index (κ1) is 29.5. The molecule has 0 heterocycles. The molecule has 0 aromatic heterocycles. The molecule has 0 aromatic carbocycles. The summed E-state index contributed by atoms with van der Waals surface area (Å²) in [5.41, 5.74) is 0. The Bertz CT molecular complexity index is 19.0. The molecule has 0 aromatic rings. The molecular formula is C3H15I3S3. The van der Waals surface area contributed by atoms with E-state index in [0.29, 0.717) is 0 Å². The highest BCUT2D eigenvalue weighted by molar-refractivity contribution is 14.2. The van der Waals surface area contributed by atoms with Crippen molar-refractivity contribution in [3.63, 3.8) is 0 Å². The molecule has 0 radical (unpaired) electrons. The van der Waals surface area contributed by atoms with Crippen LogP contribution in [0.15, 0.2) is 0 Å². The third-order valence-corrected chi connectivity index (χ3v) is 0. The number of hydrogen-bond donors (Lipinski definition) is 0. The van der Waals surface area contributed by atoms with Gasteiger partial charge in [0, 0.05) is 1.43 Å². The van der Waals surface area contributed by atoms with Crippen LogP contribution < -0.4 is 0 Å². The lowest BCUT2D eigenvalue weighted by atomic mass is 12.0. The first-order valence-electron chi connectivity index (χ1n) is 1.32. The fraction of sp³-hybridized carbons (Fsp3) is 1.00. The van der Waals surface area contributed by atoms with Crippen molar-refractivity contribution in [2.45, 2.75) is 0 Å². The molecule has 0 atom stereocenters. The van der Waals surface area contributed by atoms with Crippen molar-refractivity contribution in [1.29, 1.82) is 0 Å². The summed E-state index contributed by atoms with van der Waals surface area (Å²) in [6.45, 7) is 0. The smallest absolute Gasteiger partial charge is 0 e. The van der Waals surface area contributed by atoms with Gasteiger partial charge >= 0.3 is 0 Å². The van der Waals surface area contributed by atoms with Crippen LogP contribution in [0.3, 0.4) is 0 Å². The molecule has 6 heteroatoms. The summed E-state index contributed by atoms with van der Waals surface area (Å²) >= 11 is 6.51. The summed E-state index contributed by atoms with van der Waals surface area (Å²) in [5.74, 6) is 0. The van der Waals surface area contributed by atoms with Crippen molar-refractivity contribution in [1.82, 2.24) is 0 Å². The van der Waals surface area contributed by atoms with Crippen LogP contribution in [0.5, 0.6) is 0 Å². The van der Waals surface area contributed by atoms with Gasteiger partial charge in [-0.1, -0.05) is 54.1 Å². The summed E-state index contributed by atoms with van der Waals surface area (Å²) in [6, 6.07) is 0. The first-order valence-corrected chi connectivity index (χ1v) is 9.40. The van der Waals surface area contributed by atoms with E-state index in [0.717, 1.165) is 0 Å². The van der Waals surface area contributed by atoms with Crippen molar-refractivity contribution >= 4 is 102 Å². The molecule has 0 fully saturated rings. The summed E-state index contributed by atoms with van der Waals surface area (Å²) in [7, 11) is 1.72. The molecule has 66 valence electrons. The van der Waals surface area contributed by atoms with Crippen LogP contribution >= 0.6 is 102 Å². The predicted octanol–water partition coefficient (Wildman–Crippen LogP) is 4.27. The highest BCUT2D eigenvalue weighted by atomic mass is 127. The molecule has 0 nitrogen and oxygen atoms in total. The van der Waals surface area contributed by atoms with E-state index in [1.807, 2.05) is 16.1 Å². The Kier molecular flexibility index (Phi) is 215. The molecule has 0 saturated carbocycles. The monoisotopic (exact) mass is 530 g/mol. The SMILES string of the molecule is CI.CI.CSI.S.S.[3HH]. The van der Waals surface area contributed by atoms with Gasteiger partial charge in [-0.15, -0.1) is 0 Å². The minimum absolute atomic E-state index is 0. The Balaban J connectivity index is -0.00000000536. The average molecular weight is 530 g/mol. The number of alkyl halides is 2. The Labute approximate surface area is 118 Å². The molecule has 0 aliphatic heterocycles. The van der Waals surface area contributed by atoms with Crippen LogP contribution in [0.4, 0.5) is 0 Å². The summed E-state index contributed by atoms with van der Waals surface area (Å²) < 4.78 is 0. The molecule has 0 amide bonds. The van der Waals surface area contributed by atoms with Gasteiger partial charge in [-0.2, -0.15) is 27.0 Å². The second kappa shape index (κ2) is 65.6. The van der Waals surface area contributed by atoms with Gasteiger partial charge in [-0.05, 0) is 37.3 Å². The van der Waals surface area contributed by atoms with Crippen molar-refractivity contribution in [3.8, 4) is 0 Å². The normalized spacial score (nSPS) is 3.33. The first-order chi connectivity index (χ1) is 3.41. The van der Waals surface area contributed by atoms with E-state index in [4.69, 9.17) is 0 Å². The molecule has 9 heavy (non-hydrogen) atoms. The Morgan fingerprint density at radius 2 is 1.00 bits per heavy atom. The Hall–Kier alpha value is 3.24. The second-order valence-corrected chi connectivity index (χ2v) is 3.11. The number of rotatable bonds is 0. The predicted molar refractivity (Wildman–Crippen MR) is 90.3 cm³/mol. The zero-order valence-corrected chi connectivity index (χ0v) is 14.8. The van der Waals surface area contributed by atoms with Gasteiger partial charge in [0.2, 0.25) is 0 Å². The van der Waals surface area contributed by atoms with Gasteiger partial charge in [0.1, 0.15) is 0 Å². The van der Waals surface area contributed by atoms with Crippen LogP contribution in [0.25, 0.3) is 0 Å². The van der Waals surface area contributed by atoms with Gasteiger partial charge in [-0.3, -0.25) is 0 Å². The second-order valence-electron chi connectivity index (χ2n) is 0.154. The van der Waals surface area contributed by atoms with Gasteiger partial charge < -0.3 is 0 Å². The maximum Gasteiger partial charge on any atom is 0 e. The van der Waals surface area contributed by atoms with Gasteiger partial charge in [0.15, 0.2) is 0 Å². The zero-order chi connectivity index (χ0) is 6.71. The summed E-state index contributed by atoms with van der Waals surface area (Å²) in [6.07, 6.45) is 2.03. The van der Waals surface area contributed by atoms with Crippen molar-refractivity contribution in [3.05, 3.63) is 0 Å². The van der Waals surface area contributed by atoms with Gasteiger partial charge in [0.05, 0.1) is 0 Å². The largest absolute Gasteiger partial charge is 0.197 e. The van der Waals surface area contributed by atoms with Gasteiger partial charge in [0.25, 0.3) is 0 Å². The lowest BCUT2D eigenvalue weighted by Gasteiger charge is -1.46. The van der Waals surface area contributed by atoms with Crippen molar-refractivity contribution in [2.75, 3.05) is 16.1 Å². The molecule has 0 spiro atoms. The van der Waals surface area contributed by atoms with Crippen molar-refractivity contribution < 1.29 is 1.43 Å². The molecule has 0 unspecified atom stereocenters.